The van der Waals surface area contributed by atoms with Gasteiger partial charge in [0, 0.05) is 29.4 Å². The van der Waals surface area contributed by atoms with Crippen molar-refractivity contribution in [1.82, 2.24) is 4.98 Å². The number of carbonyl (C=O) groups excluding carboxylic acids is 2. The number of pyridine rings is 1. The Morgan fingerprint density at radius 3 is 2.20 bits per heavy atom. The summed E-state index contributed by atoms with van der Waals surface area (Å²) in [5.41, 5.74) is 7.35. The third-order valence-corrected chi connectivity index (χ3v) is 4.59. The SMILES string of the molecule is CN=C(N)c1ccc(C(=O)Nc2ccc(Cl)cc2C(=O)Nc2ccc(Cl)cn2)cc1. The van der Waals surface area contributed by atoms with Crippen LogP contribution in [0.4, 0.5) is 11.5 Å². The largest absolute Gasteiger partial charge is 0.384 e. The van der Waals surface area contributed by atoms with Crippen LogP contribution in [0.15, 0.2) is 65.8 Å². The standard InChI is InChI=1S/C21H17Cl2N5O2/c1-25-19(24)12-2-4-13(5-3-12)20(29)27-17-8-6-14(22)10-16(17)21(30)28-18-9-7-15(23)11-26-18/h2-11H,1H3,(H2,24,25)(H,27,29)(H,26,28,30). The number of nitrogens with two attached hydrogens (primary N) is 1. The second-order valence-corrected chi connectivity index (χ2v) is 7.02. The second kappa shape index (κ2) is 9.39. The van der Waals surface area contributed by atoms with Gasteiger partial charge in [0.2, 0.25) is 0 Å². The molecule has 30 heavy (non-hydrogen) atoms. The van der Waals surface area contributed by atoms with Crippen LogP contribution in [0.25, 0.3) is 0 Å². The van der Waals surface area contributed by atoms with Crippen molar-refractivity contribution in [3.8, 4) is 0 Å². The summed E-state index contributed by atoms with van der Waals surface area (Å²) in [7, 11) is 1.59. The van der Waals surface area contributed by atoms with Crippen LogP contribution in [0.3, 0.4) is 0 Å². The lowest BCUT2D eigenvalue weighted by molar-refractivity contribution is 0.102. The monoisotopic (exact) mass is 441 g/mol. The Balaban J connectivity index is 1.81. The van der Waals surface area contributed by atoms with Crippen LogP contribution in [-0.2, 0) is 0 Å². The first-order chi connectivity index (χ1) is 14.4. The molecule has 0 fully saturated rings. The molecule has 0 unspecified atom stereocenters. The lowest BCUT2D eigenvalue weighted by Gasteiger charge is -2.12. The number of amidine groups is 1. The number of benzene rings is 2. The van der Waals surface area contributed by atoms with Gasteiger partial charge in [-0.05, 0) is 42.5 Å². The van der Waals surface area contributed by atoms with Crippen LogP contribution >= 0.6 is 23.2 Å². The van der Waals surface area contributed by atoms with E-state index in [9.17, 15) is 9.59 Å². The van der Waals surface area contributed by atoms with Gasteiger partial charge in [-0.25, -0.2) is 4.98 Å². The third-order valence-electron chi connectivity index (χ3n) is 4.13. The molecule has 152 valence electrons. The van der Waals surface area contributed by atoms with Gasteiger partial charge in [-0.3, -0.25) is 14.6 Å². The van der Waals surface area contributed by atoms with Gasteiger partial charge in [0.05, 0.1) is 16.3 Å². The first-order valence-electron chi connectivity index (χ1n) is 8.74. The van der Waals surface area contributed by atoms with Crippen molar-refractivity contribution in [3.05, 3.63) is 87.5 Å². The van der Waals surface area contributed by atoms with Gasteiger partial charge in [0.25, 0.3) is 11.8 Å². The average molecular weight is 442 g/mol. The number of aromatic nitrogens is 1. The highest BCUT2D eigenvalue weighted by Crippen LogP contribution is 2.23. The summed E-state index contributed by atoms with van der Waals surface area (Å²) in [6.45, 7) is 0. The molecule has 0 aliphatic carbocycles. The zero-order valence-electron chi connectivity index (χ0n) is 15.8. The fourth-order valence-corrected chi connectivity index (χ4v) is 2.85. The van der Waals surface area contributed by atoms with E-state index in [2.05, 4.69) is 20.6 Å². The first-order valence-corrected chi connectivity index (χ1v) is 9.49. The number of halogens is 2. The molecule has 0 atom stereocenters. The Morgan fingerprint density at radius 1 is 0.900 bits per heavy atom. The van der Waals surface area contributed by atoms with Crippen molar-refractivity contribution in [1.29, 1.82) is 0 Å². The summed E-state index contributed by atoms with van der Waals surface area (Å²) in [6, 6.07) is 14.4. The molecule has 2 amide bonds. The molecule has 0 radical (unpaired) electrons. The number of hydrogen-bond acceptors (Lipinski definition) is 4. The number of hydrogen-bond donors (Lipinski definition) is 3. The van der Waals surface area contributed by atoms with Crippen LogP contribution in [0.2, 0.25) is 10.0 Å². The molecule has 1 aromatic heterocycles. The Labute approximate surface area is 182 Å². The van der Waals surface area contributed by atoms with E-state index in [4.69, 9.17) is 28.9 Å². The van der Waals surface area contributed by atoms with Crippen molar-refractivity contribution in [2.75, 3.05) is 17.7 Å². The lowest BCUT2D eigenvalue weighted by atomic mass is 10.1. The van der Waals surface area contributed by atoms with Crippen LogP contribution in [-0.4, -0.2) is 29.7 Å². The number of nitrogens with one attached hydrogen (secondary N) is 2. The fourth-order valence-electron chi connectivity index (χ4n) is 2.56. The molecule has 0 saturated heterocycles. The highest BCUT2D eigenvalue weighted by molar-refractivity contribution is 6.31. The summed E-state index contributed by atoms with van der Waals surface area (Å²) in [6.07, 6.45) is 1.41. The molecule has 2 aromatic carbocycles. The molecule has 3 rings (SSSR count). The minimum atomic E-state index is -0.482. The Hall–Kier alpha value is -3.42. The molecule has 0 spiro atoms. The fraction of sp³-hybridized carbons (Fsp3) is 0.0476. The van der Waals surface area contributed by atoms with Crippen molar-refractivity contribution in [2.24, 2.45) is 10.7 Å². The van der Waals surface area contributed by atoms with Crippen LogP contribution < -0.4 is 16.4 Å². The van der Waals surface area contributed by atoms with Crippen LogP contribution in [0, 0.1) is 0 Å². The van der Waals surface area contributed by atoms with E-state index in [0.717, 1.165) is 0 Å². The molecule has 0 bridgehead atoms. The zero-order chi connectivity index (χ0) is 21.7. The first kappa shape index (κ1) is 21.3. The molecule has 0 aliphatic rings. The van der Waals surface area contributed by atoms with Crippen molar-refractivity contribution >= 4 is 52.4 Å². The summed E-state index contributed by atoms with van der Waals surface area (Å²) in [4.78, 5) is 33.3. The van der Waals surface area contributed by atoms with Crippen molar-refractivity contribution in [3.63, 3.8) is 0 Å². The smallest absolute Gasteiger partial charge is 0.258 e. The van der Waals surface area contributed by atoms with E-state index in [1.165, 1.54) is 12.3 Å². The normalized spacial score (nSPS) is 11.1. The maximum atomic E-state index is 12.7. The van der Waals surface area contributed by atoms with E-state index >= 15 is 0 Å². The van der Waals surface area contributed by atoms with Gasteiger partial charge in [-0.15, -0.1) is 0 Å². The van der Waals surface area contributed by atoms with E-state index in [-0.39, 0.29) is 5.56 Å². The molecule has 9 heteroatoms. The second-order valence-electron chi connectivity index (χ2n) is 6.15. The number of amides is 2. The number of carbonyl (C=O) groups is 2. The summed E-state index contributed by atoms with van der Waals surface area (Å²) < 4.78 is 0. The Kier molecular flexibility index (Phi) is 6.66. The predicted molar refractivity (Wildman–Crippen MR) is 120 cm³/mol. The van der Waals surface area contributed by atoms with Crippen molar-refractivity contribution < 1.29 is 9.59 Å². The lowest BCUT2D eigenvalue weighted by Crippen LogP contribution is -2.19. The van der Waals surface area contributed by atoms with E-state index in [1.54, 1.807) is 55.6 Å². The average Bonchev–Trinajstić information content (AvgIpc) is 2.76. The van der Waals surface area contributed by atoms with Crippen molar-refractivity contribution in [2.45, 2.75) is 0 Å². The minimum absolute atomic E-state index is 0.187. The van der Waals surface area contributed by atoms with Gasteiger partial charge in [0.1, 0.15) is 11.7 Å². The number of rotatable bonds is 5. The molecule has 0 saturated carbocycles. The highest BCUT2D eigenvalue weighted by atomic mass is 35.5. The number of nitrogens with zero attached hydrogens (tertiary/aromatic N) is 2. The van der Waals surface area contributed by atoms with Gasteiger partial charge in [-0.2, -0.15) is 0 Å². The maximum Gasteiger partial charge on any atom is 0.258 e. The summed E-state index contributed by atoms with van der Waals surface area (Å²) >= 11 is 11.9. The maximum absolute atomic E-state index is 12.7. The van der Waals surface area contributed by atoms with E-state index in [1.807, 2.05) is 0 Å². The van der Waals surface area contributed by atoms with Crippen LogP contribution in [0.5, 0.6) is 0 Å². The van der Waals surface area contributed by atoms with Gasteiger partial charge >= 0.3 is 0 Å². The molecular weight excluding hydrogens is 425 g/mol. The number of anilines is 2. The summed E-state index contributed by atoms with van der Waals surface area (Å²) in [5.74, 6) is -0.193. The third kappa shape index (κ3) is 5.14. The quantitative estimate of drug-likeness (QED) is 0.406. The van der Waals surface area contributed by atoms with Gasteiger partial charge in [0.15, 0.2) is 0 Å². The van der Waals surface area contributed by atoms with E-state index < -0.39 is 11.8 Å². The predicted octanol–water partition coefficient (Wildman–Crippen LogP) is 4.23. The minimum Gasteiger partial charge on any atom is -0.384 e. The molecule has 0 aliphatic heterocycles. The van der Waals surface area contributed by atoms with Gasteiger partial charge < -0.3 is 16.4 Å². The van der Waals surface area contributed by atoms with Gasteiger partial charge in [-0.1, -0.05) is 35.3 Å². The topological polar surface area (TPSA) is 109 Å². The Bertz CT molecular complexity index is 1110. The Morgan fingerprint density at radius 2 is 1.57 bits per heavy atom. The molecular formula is C21H17Cl2N5O2. The summed E-state index contributed by atoms with van der Waals surface area (Å²) in [5, 5.41) is 6.17. The molecule has 7 nitrogen and oxygen atoms in total. The highest BCUT2D eigenvalue weighted by Gasteiger charge is 2.16. The van der Waals surface area contributed by atoms with E-state index in [0.29, 0.717) is 38.5 Å². The van der Waals surface area contributed by atoms with Crippen LogP contribution in [0.1, 0.15) is 26.3 Å². The molecule has 1 heterocycles. The number of aliphatic imine (C=N–C) groups is 1. The molecule has 4 N–H and O–H groups in total. The molecule has 3 aromatic rings. The zero-order valence-corrected chi connectivity index (χ0v) is 17.3.